The Kier molecular flexibility index (Phi) is 4.78. The first kappa shape index (κ1) is 15.1. The highest BCUT2D eigenvalue weighted by Gasteiger charge is 2.21. The molecule has 1 aromatic rings. The third-order valence-electron chi connectivity index (χ3n) is 4.53. The number of rotatable bonds is 4. The molecule has 3 rings (SSSR count). The Balaban J connectivity index is 1.54. The predicted molar refractivity (Wildman–Crippen MR) is 89.5 cm³/mol. The van der Waals surface area contributed by atoms with E-state index in [0.717, 1.165) is 24.4 Å². The maximum Gasteiger partial charge on any atom is 0.224 e. The lowest BCUT2D eigenvalue weighted by Gasteiger charge is -2.27. The van der Waals surface area contributed by atoms with E-state index in [1.807, 2.05) is 0 Å². The van der Waals surface area contributed by atoms with Gasteiger partial charge in [0.15, 0.2) is 0 Å². The van der Waals surface area contributed by atoms with Gasteiger partial charge < -0.3 is 10.6 Å². The summed E-state index contributed by atoms with van der Waals surface area (Å²) in [7, 11) is 0. The van der Waals surface area contributed by atoms with Crippen molar-refractivity contribution in [3.8, 4) is 0 Å². The van der Waals surface area contributed by atoms with Crippen LogP contribution in [0, 0.1) is 0 Å². The standard InChI is InChI=1S/C18H25N3O/c1-14-17(9-10-18(22)19-14)20-16-7-5-15(6-8-16)13-21-11-3-2-4-12-21/h5-8,17,20H,1-4,9-13H2,(H,19,22). The van der Waals surface area contributed by atoms with E-state index in [2.05, 4.69) is 46.4 Å². The van der Waals surface area contributed by atoms with Gasteiger partial charge in [0.2, 0.25) is 5.91 Å². The number of anilines is 1. The van der Waals surface area contributed by atoms with Crippen molar-refractivity contribution in [3.63, 3.8) is 0 Å². The number of benzene rings is 1. The number of nitrogens with zero attached hydrogens (tertiary/aromatic N) is 1. The Morgan fingerprint density at radius 2 is 1.91 bits per heavy atom. The van der Waals surface area contributed by atoms with Gasteiger partial charge in [0.05, 0.1) is 6.04 Å². The van der Waals surface area contributed by atoms with Crippen LogP contribution < -0.4 is 10.6 Å². The number of amides is 1. The summed E-state index contributed by atoms with van der Waals surface area (Å²) >= 11 is 0. The second kappa shape index (κ2) is 6.97. The Bertz CT molecular complexity index is 532. The summed E-state index contributed by atoms with van der Waals surface area (Å²) < 4.78 is 0. The minimum atomic E-state index is 0.0694. The van der Waals surface area contributed by atoms with Gasteiger partial charge in [0, 0.05) is 24.4 Å². The van der Waals surface area contributed by atoms with E-state index in [4.69, 9.17) is 0 Å². The van der Waals surface area contributed by atoms with Gasteiger partial charge in [-0.2, -0.15) is 0 Å². The summed E-state index contributed by atoms with van der Waals surface area (Å²) in [6.07, 6.45) is 5.40. The lowest BCUT2D eigenvalue weighted by atomic mass is 10.0. The van der Waals surface area contributed by atoms with Gasteiger partial charge in [-0.1, -0.05) is 25.1 Å². The van der Waals surface area contributed by atoms with E-state index in [-0.39, 0.29) is 11.9 Å². The third kappa shape index (κ3) is 3.89. The summed E-state index contributed by atoms with van der Waals surface area (Å²) in [4.78, 5) is 13.8. The van der Waals surface area contributed by atoms with Crippen LogP contribution in [0.2, 0.25) is 0 Å². The molecule has 0 aromatic heterocycles. The van der Waals surface area contributed by atoms with Crippen LogP contribution in [0.15, 0.2) is 36.5 Å². The first-order valence-corrected chi connectivity index (χ1v) is 8.27. The van der Waals surface area contributed by atoms with Gasteiger partial charge in [-0.3, -0.25) is 9.69 Å². The Morgan fingerprint density at radius 1 is 1.18 bits per heavy atom. The van der Waals surface area contributed by atoms with E-state index in [1.165, 1.54) is 37.9 Å². The first-order chi connectivity index (χ1) is 10.7. The average Bonchev–Trinajstić information content (AvgIpc) is 2.53. The van der Waals surface area contributed by atoms with Crippen LogP contribution in [0.4, 0.5) is 5.69 Å². The zero-order valence-corrected chi connectivity index (χ0v) is 13.1. The zero-order chi connectivity index (χ0) is 15.4. The van der Waals surface area contributed by atoms with Gasteiger partial charge in [-0.15, -0.1) is 0 Å². The molecular formula is C18H25N3O. The fourth-order valence-corrected chi connectivity index (χ4v) is 3.22. The summed E-state index contributed by atoms with van der Waals surface area (Å²) in [6.45, 7) is 7.43. The molecule has 2 saturated heterocycles. The van der Waals surface area contributed by atoms with E-state index in [1.54, 1.807) is 0 Å². The Labute approximate surface area is 132 Å². The second-order valence-electron chi connectivity index (χ2n) is 6.34. The zero-order valence-electron chi connectivity index (χ0n) is 13.1. The molecule has 1 amide bonds. The molecule has 1 atom stereocenters. The number of carbonyl (C=O) groups is 1. The topological polar surface area (TPSA) is 44.4 Å². The van der Waals surface area contributed by atoms with Crippen LogP contribution in [0.3, 0.4) is 0 Å². The molecule has 1 unspecified atom stereocenters. The normalized spacial score (nSPS) is 23.2. The number of hydrogen-bond acceptors (Lipinski definition) is 3. The van der Waals surface area contributed by atoms with Crippen molar-refractivity contribution in [2.24, 2.45) is 0 Å². The van der Waals surface area contributed by atoms with Crippen LogP contribution >= 0.6 is 0 Å². The number of hydrogen-bond donors (Lipinski definition) is 2. The summed E-state index contributed by atoms with van der Waals surface area (Å²) in [5.41, 5.74) is 3.22. The van der Waals surface area contributed by atoms with Crippen molar-refractivity contribution in [1.29, 1.82) is 0 Å². The molecule has 4 heteroatoms. The minimum absolute atomic E-state index is 0.0694. The van der Waals surface area contributed by atoms with E-state index in [9.17, 15) is 4.79 Å². The molecule has 1 aromatic carbocycles. The maximum absolute atomic E-state index is 11.3. The Hall–Kier alpha value is -1.81. The number of carbonyl (C=O) groups excluding carboxylic acids is 1. The van der Waals surface area contributed by atoms with Gasteiger partial charge in [0.25, 0.3) is 0 Å². The van der Waals surface area contributed by atoms with Crippen molar-refractivity contribution in [2.75, 3.05) is 18.4 Å². The molecule has 118 valence electrons. The maximum atomic E-state index is 11.3. The van der Waals surface area contributed by atoms with Crippen molar-refractivity contribution in [3.05, 3.63) is 42.1 Å². The molecule has 2 heterocycles. The van der Waals surface area contributed by atoms with E-state index >= 15 is 0 Å². The highest BCUT2D eigenvalue weighted by molar-refractivity contribution is 5.79. The summed E-state index contributed by atoms with van der Waals surface area (Å²) in [5.74, 6) is 0.0694. The van der Waals surface area contributed by atoms with Crippen LogP contribution in [-0.4, -0.2) is 29.9 Å². The van der Waals surface area contributed by atoms with Crippen molar-refractivity contribution in [1.82, 2.24) is 10.2 Å². The molecule has 22 heavy (non-hydrogen) atoms. The number of piperidine rings is 2. The quantitative estimate of drug-likeness (QED) is 0.898. The molecule has 0 radical (unpaired) electrons. The SMILES string of the molecule is C=C1NC(=O)CCC1Nc1ccc(CN2CCCCC2)cc1. The van der Waals surface area contributed by atoms with Crippen LogP contribution in [0.1, 0.15) is 37.7 Å². The monoisotopic (exact) mass is 299 g/mol. The van der Waals surface area contributed by atoms with Crippen LogP contribution in [0.5, 0.6) is 0 Å². The molecule has 2 aliphatic heterocycles. The molecule has 2 fully saturated rings. The van der Waals surface area contributed by atoms with Crippen molar-refractivity contribution < 1.29 is 4.79 Å². The smallest absolute Gasteiger partial charge is 0.224 e. The lowest BCUT2D eigenvalue weighted by molar-refractivity contribution is -0.121. The highest BCUT2D eigenvalue weighted by atomic mass is 16.1. The number of likely N-dealkylation sites (tertiary alicyclic amines) is 1. The van der Waals surface area contributed by atoms with E-state index in [0.29, 0.717) is 6.42 Å². The summed E-state index contributed by atoms with van der Waals surface area (Å²) in [5, 5.41) is 6.27. The van der Waals surface area contributed by atoms with Crippen molar-refractivity contribution >= 4 is 11.6 Å². The molecule has 0 bridgehead atoms. The third-order valence-corrected chi connectivity index (χ3v) is 4.53. The van der Waals surface area contributed by atoms with E-state index < -0.39 is 0 Å². The lowest BCUT2D eigenvalue weighted by Crippen LogP contribution is -2.39. The largest absolute Gasteiger partial charge is 0.377 e. The minimum Gasteiger partial charge on any atom is -0.377 e. The van der Waals surface area contributed by atoms with Crippen molar-refractivity contribution in [2.45, 2.75) is 44.7 Å². The average molecular weight is 299 g/mol. The van der Waals surface area contributed by atoms with Gasteiger partial charge >= 0.3 is 0 Å². The molecule has 0 saturated carbocycles. The molecule has 0 spiro atoms. The highest BCUT2D eigenvalue weighted by Crippen LogP contribution is 2.19. The fraction of sp³-hybridized carbons (Fsp3) is 0.500. The van der Waals surface area contributed by atoms with Crippen LogP contribution in [-0.2, 0) is 11.3 Å². The number of nitrogens with one attached hydrogen (secondary N) is 2. The molecule has 4 nitrogen and oxygen atoms in total. The second-order valence-corrected chi connectivity index (χ2v) is 6.34. The molecule has 2 aliphatic rings. The van der Waals surface area contributed by atoms with Gasteiger partial charge in [0.1, 0.15) is 0 Å². The van der Waals surface area contributed by atoms with Gasteiger partial charge in [-0.25, -0.2) is 0 Å². The predicted octanol–water partition coefficient (Wildman–Crippen LogP) is 2.88. The fourth-order valence-electron chi connectivity index (χ4n) is 3.22. The molecular weight excluding hydrogens is 274 g/mol. The Morgan fingerprint density at radius 3 is 2.59 bits per heavy atom. The van der Waals surface area contributed by atoms with Crippen LogP contribution in [0.25, 0.3) is 0 Å². The molecule has 0 aliphatic carbocycles. The summed E-state index contributed by atoms with van der Waals surface area (Å²) in [6, 6.07) is 8.78. The molecule has 2 N–H and O–H groups in total. The van der Waals surface area contributed by atoms with Gasteiger partial charge in [-0.05, 0) is 50.0 Å². The first-order valence-electron chi connectivity index (χ1n) is 8.27.